The monoisotopic (exact) mass is 430 g/mol. The Bertz CT molecular complexity index is 905. The van der Waals surface area contributed by atoms with Crippen molar-refractivity contribution in [3.63, 3.8) is 0 Å². The van der Waals surface area contributed by atoms with Gasteiger partial charge in [0.15, 0.2) is 11.5 Å². The zero-order valence-corrected chi connectivity index (χ0v) is 17.9. The number of halogens is 1. The number of likely N-dealkylation sites (tertiary alicyclic amines) is 1. The lowest BCUT2D eigenvalue weighted by Crippen LogP contribution is -2.36. The Balaban J connectivity index is 1.26. The standard InChI is InChI=1S/C23H27ClN2O4/c1-28-19-4-2-3-16(11-19)8-10-26-18(5-6-23(26)27)7-9-25-14-17-12-21-22(13-20(17)24)30-15-29-21/h2-4,11-13,18,25H,5-10,14-15H2,1H3. The van der Waals surface area contributed by atoms with Gasteiger partial charge in [-0.05, 0) is 55.1 Å². The van der Waals surface area contributed by atoms with Gasteiger partial charge in [-0.15, -0.1) is 0 Å². The van der Waals surface area contributed by atoms with Gasteiger partial charge in [-0.1, -0.05) is 23.7 Å². The molecular weight excluding hydrogens is 404 g/mol. The van der Waals surface area contributed by atoms with Crippen LogP contribution >= 0.6 is 11.6 Å². The van der Waals surface area contributed by atoms with Crippen molar-refractivity contribution >= 4 is 17.5 Å². The number of benzene rings is 2. The van der Waals surface area contributed by atoms with E-state index in [1.807, 2.05) is 29.2 Å². The van der Waals surface area contributed by atoms with Crippen molar-refractivity contribution in [3.8, 4) is 17.2 Å². The van der Waals surface area contributed by atoms with Gasteiger partial charge in [-0.25, -0.2) is 0 Å². The van der Waals surface area contributed by atoms with Crippen LogP contribution in [0.4, 0.5) is 0 Å². The first-order valence-corrected chi connectivity index (χ1v) is 10.7. The predicted molar refractivity (Wildman–Crippen MR) is 115 cm³/mol. The van der Waals surface area contributed by atoms with Gasteiger partial charge in [-0.3, -0.25) is 4.79 Å². The van der Waals surface area contributed by atoms with Crippen molar-refractivity contribution in [2.45, 2.75) is 38.3 Å². The van der Waals surface area contributed by atoms with Gasteiger partial charge in [0.2, 0.25) is 12.7 Å². The summed E-state index contributed by atoms with van der Waals surface area (Å²) >= 11 is 6.34. The number of methoxy groups -OCH3 is 1. The SMILES string of the molecule is COc1cccc(CCN2C(=O)CCC2CCNCc2cc3c(cc2Cl)OCO3)c1. The molecule has 0 aromatic heterocycles. The summed E-state index contributed by atoms with van der Waals surface area (Å²) < 4.78 is 16.1. The van der Waals surface area contributed by atoms with Crippen LogP contribution in [0, 0.1) is 0 Å². The van der Waals surface area contributed by atoms with Crippen molar-refractivity contribution in [3.05, 3.63) is 52.5 Å². The van der Waals surface area contributed by atoms with Gasteiger partial charge >= 0.3 is 0 Å². The Labute approximate surface area is 182 Å². The summed E-state index contributed by atoms with van der Waals surface area (Å²) in [7, 11) is 1.67. The van der Waals surface area contributed by atoms with Crippen LogP contribution in [-0.4, -0.2) is 43.8 Å². The zero-order valence-electron chi connectivity index (χ0n) is 17.2. The number of ether oxygens (including phenoxy) is 3. The van der Waals surface area contributed by atoms with Crippen LogP contribution in [0.5, 0.6) is 17.2 Å². The van der Waals surface area contributed by atoms with Crippen molar-refractivity contribution < 1.29 is 19.0 Å². The molecule has 4 rings (SSSR count). The number of hydrogen-bond acceptors (Lipinski definition) is 5. The van der Waals surface area contributed by atoms with E-state index < -0.39 is 0 Å². The lowest BCUT2D eigenvalue weighted by atomic mass is 10.1. The van der Waals surface area contributed by atoms with Crippen LogP contribution in [0.3, 0.4) is 0 Å². The topological polar surface area (TPSA) is 60.0 Å². The number of amides is 1. The van der Waals surface area contributed by atoms with Gasteiger partial charge in [-0.2, -0.15) is 0 Å². The summed E-state index contributed by atoms with van der Waals surface area (Å²) in [5.74, 6) is 2.53. The van der Waals surface area contributed by atoms with E-state index in [1.165, 1.54) is 5.56 Å². The minimum atomic E-state index is 0.240. The molecule has 0 spiro atoms. The van der Waals surface area contributed by atoms with Crippen molar-refractivity contribution in [1.82, 2.24) is 10.2 Å². The van der Waals surface area contributed by atoms with E-state index in [9.17, 15) is 4.79 Å². The largest absolute Gasteiger partial charge is 0.497 e. The number of nitrogens with one attached hydrogen (secondary N) is 1. The molecule has 0 aliphatic carbocycles. The summed E-state index contributed by atoms with van der Waals surface area (Å²) in [5, 5.41) is 4.12. The predicted octanol–water partition coefficient (Wildman–Crippen LogP) is 3.79. The Morgan fingerprint density at radius 2 is 2.07 bits per heavy atom. The molecule has 2 aliphatic rings. The normalized spacial score (nSPS) is 17.6. The maximum absolute atomic E-state index is 12.4. The molecule has 1 saturated heterocycles. The second-order valence-corrected chi connectivity index (χ2v) is 8.05. The Morgan fingerprint density at radius 1 is 1.23 bits per heavy atom. The molecule has 6 nitrogen and oxygen atoms in total. The van der Waals surface area contributed by atoms with E-state index in [2.05, 4.69) is 11.4 Å². The lowest BCUT2D eigenvalue weighted by Gasteiger charge is -2.25. The number of hydrogen-bond donors (Lipinski definition) is 1. The Kier molecular flexibility index (Phi) is 6.65. The second kappa shape index (κ2) is 9.58. The first-order chi connectivity index (χ1) is 14.6. The number of carbonyl (C=O) groups is 1. The molecule has 1 amide bonds. The van der Waals surface area contributed by atoms with Crippen molar-refractivity contribution in [1.29, 1.82) is 0 Å². The first-order valence-electron chi connectivity index (χ1n) is 10.3. The summed E-state index contributed by atoms with van der Waals surface area (Å²) in [4.78, 5) is 14.4. The summed E-state index contributed by atoms with van der Waals surface area (Å²) in [5.41, 5.74) is 2.17. The molecule has 2 heterocycles. The lowest BCUT2D eigenvalue weighted by molar-refractivity contribution is -0.129. The van der Waals surface area contributed by atoms with Crippen LogP contribution in [0.15, 0.2) is 36.4 Å². The molecular formula is C23H27ClN2O4. The fourth-order valence-corrected chi connectivity index (χ4v) is 4.29. The summed E-state index contributed by atoms with van der Waals surface area (Å²) in [6, 6.07) is 12.0. The highest BCUT2D eigenvalue weighted by Gasteiger charge is 2.30. The van der Waals surface area contributed by atoms with Crippen LogP contribution in [0.25, 0.3) is 0 Å². The minimum absolute atomic E-state index is 0.240. The van der Waals surface area contributed by atoms with E-state index in [0.29, 0.717) is 23.7 Å². The van der Waals surface area contributed by atoms with Crippen LogP contribution in [0.2, 0.25) is 5.02 Å². The highest BCUT2D eigenvalue weighted by molar-refractivity contribution is 6.31. The molecule has 2 aliphatic heterocycles. The molecule has 0 bridgehead atoms. The molecule has 1 fully saturated rings. The molecule has 1 unspecified atom stereocenters. The van der Waals surface area contributed by atoms with E-state index in [1.54, 1.807) is 13.2 Å². The third kappa shape index (κ3) is 4.82. The number of nitrogens with zero attached hydrogens (tertiary/aromatic N) is 1. The first kappa shape index (κ1) is 20.8. The van der Waals surface area contributed by atoms with Gasteiger partial charge in [0.05, 0.1) is 7.11 Å². The molecule has 0 saturated carbocycles. The smallest absolute Gasteiger partial charge is 0.231 e. The van der Waals surface area contributed by atoms with Crippen LogP contribution in [-0.2, 0) is 17.8 Å². The number of carbonyl (C=O) groups excluding carboxylic acids is 1. The highest BCUT2D eigenvalue weighted by atomic mass is 35.5. The quantitative estimate of drug-likeness (QED) is 0.613. The average Bonchev–Trinajstić information content (AvgIpc) is 3.35. The molecule has 1 N–H and O–H groups in total. The van der Waals surface area contributed by atoms with E-state index in [0.717, 1.165) is 49.4 Å². The van der Waals surface area contributed by atoms with Gasteiger partial charge in [0.25, 0.3) is 0 Å². The maximum atomic E-state index is 12.4. The molecule has 30 heavy (non-hydrogen) atoms. The molecule has 2 aromatic carbocycles. The third-order valence-electron chi connectivity index (χ3n) is 5.74. The average molecular weight is 431 g/mol. The third-order valence-corrected chi connectivity index (χ3v) is 6.09. The summed E-state index contributed by atoms with van der Waals surface area (Å²) in [6.07, 6.45) is 3.31. The Morgan fingerprint density at radius 3 is 2.90 bits per heavy atom. The molecule has 160 valence electrons. The fraction of sp³-hybridized carbons (Fsp3) is 0.435. The molecule has 0 radical (unpaired) electrons. The number of rotatable bonds is 9. The van der Waals surface area contributed by atoms with Gasteiger partial charge < -0.3 is 24.4 Å². The van der Waals surface area contributed by atoms with Crippen molar-refractivity contribution in [2.75, 3.05) is 27.0 Å². The van der Waals surface area contributed by atoms with E-state index in [-0.39, 0.29) is 18.7 Å². The van der Waals surface area contributed by atoms with Gasteiger partial charge in [0, 0.05) is 36.6 Å². The highest BCUT2D eigenvalue weighted by Crippen LogP contribution is 2.36. The second-order valence-electron chi connectivity index (χ2n) is 7.64. The number of fused-ring (bicyclic) bond motifs is 1. The minimum Gasteiger partial charge on any atom is -0.497 e. The molecule has 2 aromatic rings. The Hall–Kier alpha value is -2.44. The van der Waals surface area contributed by atoms with E-state index >= 15 is 0 Å². The van der Waals surface area contributed by atoms with Crippen LogP contribution in [0.1, 0.15) is 30.4 Å². The van der Waals surface area contributed by atoms with Gasteiger partial charge in [0.1, 0.15) is 5.75 Å². The zero-order chi connectivity index (χ0) is 20.9. The molecule has 1 atom stereocenters. The van der Waals surface area contributed by atoms with Crippen LogP contribution < -0.4 is 19.5 Å². The maximum Gasteiger partial charge on any atom is 0.231 e. The van der Waals surface area contributed by atoms with E-state index in [4.69, 9.17) is 25.8 Å². The van der Waals surface area contributed by atoms with Crippen molar-refractivity contribution in [2.24, 2.45) is 0 Å². The molecule has 7 heteroatoms. The summed E-state index contributed by atoms with van der Waals surface area (Å²) in [6.45, 7) is 2.45. The fourth-order valence-electron chi connectivity index (χ4n) is 4.06.